The van der Waals surface area contributed by atoms with Gasteiger partial charge in [-0.1, -0.05) is 37.1 Å². The molecule has 18 heteroatoms. The van der Waals surface area contributed by atoms with Crippen LogP contribution in [-0.2, 0) is 22.7 Å². The van der Waals surface area contributed by atoms with Gasteiger partial charge in [0.2, 0.25) is 0 Å². The van der Waals surface area contributed by atoms with Crippen molar-refractivity contribution in [3.63, 3.8) is 0 Å². The maximum Gasteiger partial charge on any atom is 1.00 e. The first-order chi connectivity index (χ1) is 24.8. The summed E-state index contributed by atoms with van der Waals surface area (Å²) in [6, 6.07) is 0.180. The summed E-state index contributed by atoms with van der Waals surface area (Å²) in [5.74, 6) is -1.08. The zero-order valence-electron chi connectivity index (χ0n) is 31.9. The zero-order chi connectivity index (χ0) is 38.2. The van der Waals surface area contributed by atoms with Gasteiger partial charge in [0.25, 0.3) is 0 Å². The van der Waals surface area contributed by atoms with Crippen LogP contribution < -0.4 is 70.9 Å². The van der Waals surface area contributed by atoms with Crippen molar-refractivity contribution in [2.75, 3.05) is 11.5 Å². The van der Waals surface area contributed by atoms with Gasteiger partial charge in [-0.05, 0) is 110 Å². The second kappa shape index (κ2) is 25.5. The van der Waals surface area contributed by atoms with Gasteiger partial charge in [-0.3, -0.25) is 9.36 Å². The summed E-state index contributed by atoms with van der Waals surface area (Å²) in [5.41, 5.74) is 27.6. The molecule has 0 saturated heterocycles. The molecular formula is C36H50Br2Li2N10O4. The smallest absolute Gasteiger partial charge is 0.550 e. The van der Waals surface area contributed by atoms with E-state index >= 15 is 0 Å². The van der Waals surface area contributed by atoms with E-state index in [1.807, 2.05) is 35.4 Å². The molecule has 0 spiro atoms. The molecule has 4 aromatic rings. The first kappa shape index (κ1) is 49.4. The standard InChI is InChI=1S/2C18H26BrN5O2.2Li/c2*1-12(20)9-10-24-16-13(7-5-3-2-4-6-8-14(25)26)11-22-18(21)15(16)17(19)23-24;;/h2*5,7,11-12H,2-4,6,8-10,20H2,1H3,(H2,21,22)(H,25,26);;/q;;2*+1/p-2/b2*7-5+;;/t2*12-;;/m11../s1. The Morgan fingerprint density at radius 3 is 1.41 bits per heavy atom. The van der Waals surface area contributed by atoms with Gasteiger partial charge in [-0.25, -0.2) is 9.97 Å². The topological polar surface area (TPSA) is 246 Å². The van der Waals surface area contributed by atoms with Crippen LogP contribution in [0.2, 0.25) is 0 Å². The Hall–Kier alpha value is -2.67. The molecule has 0 aliphatic rings. The van der Waals surface area contributed by atoms with Crippen LogP contribution >= 0.6 is 31.9 Å². The van der Waals surface area contributed by atoms with E-state index in [0.29, 0.717) is 46.8 Å². The molecule has 0 radical (unpaired) electrons. The van der Waals surface area contributed by atoms with E-state index in [0.717, 1.165) is 84.3 Å². The maximum atomic E-state index is 10.4. The van der Waals surface area contributed by atoms with Crippen molar-refractivity contribution in [2.45, 2.75) is 116 Å². The fraction of sp³-hybridized carbons (Fsp3) is 0.500. The molecule has 0 saturated carbocycles. The largest absolute Gasteiger partial charge is 1.00 e. The molecule has 54 heavy (non-hydrogen) atoms. The Balaban J connectivity index is 0.000000521. The van der Waals surface area contributed by atoms with E-state index in [-0.39, 0.29) is 62.6 Å². The minimum absolute atomic E-state index is 0. The van der Waals surface area contributed by atoms with E-state index in [4.69, 9.17) is 22.9 Å². The van der Waals surface area contributed by atoms with Crippen LogP contribution in [0.1, 0.15) is 102 Å². The molecular weight excluding hydrogens is 810 g/mol. The third kappa shape index (κ3) is 15.8. The number of carboxylic acid groups (broad SMARTS) is 2. The Kier molecular flexibility index (Phi) is 23.3. The van der Waals surface area contributed by atoms with Crippen molar-refractivity contribution in [1.29, 1.82) is 0 Å². The average Bonchev–Trinajstić information content (AvgIpc) is 3.60. The second-order valence-electron chi connectivity index (χ2n) is 13.0. The minimum Gasteiger partial charge on any atom is -0.550 e. The Morgan fingerprint density at radius 1 is 0.704 bits per heavy atom. The summed E-state index contributed by atoms with van der Waals surface area (Å²) in [6.07, 6.45) is 20.2. The number of fused-ring (bicyclic) bond motifs is 2. The van der Waals surface area contributed by atoms with Crippen LogP contribution in [0.5, 0.6) is 0 Å². The molecule has 284 valence electrons. The normalized spacial score (nSPS) is 12.4. The number of aryl methyl sites for hydroxylation is 2. The minimum atomic E-state index is -0.985. The van der Waals surface area contributed by atoms with Gasteiger partial charge in [0, 0.05) is 60.6 Å². The van der Waals surface area contributed by atoms with Crippen LogP contribution in [0.15, 0.2) is 33.8 Å². The summed E-state index contributed by atoms with van der Waals surface area (Å²) in [6.45, 7) is 5.34. The number of carbonyl (C=O) groups is 2. The summed E-state index contributed by atoms with van der Waals surface area (Å²) in [4.78, 5) is 29.3. The molecule has 0 aliphatic carbocycles. The van der Waals surface area contributed by atoms with Gasteiger partial charge in [-0.2, -0.15) is 10.2 Å². The summed E-state index contributed by atoms with van der Waals surface area (Å²) >= 11 is 6.94. The number of nitrogens with zero attached hydrogens (tertiary/aromatic N) is 6. The predicted octanol–water partition coefficient (Wildman–Crippen LogP) is -1.54. The number of hydrogen-bond acceptors (Lipinski definition) is 12. The molecule has 0 amide bonds. The van der Waals surface area contributed by atoms with Crippen molar-refractivity contribution in [3.8, 4) is 0 Å². The number of halogens is 2. The quantitative estimate of drug-likeness (QED) is 0.0584. The number of hydrogen-bond donors (Lipinski definition) is 4. The van der Waals surface area contributed by atoms with Crippen molar-refractivity contribution in [3.05, 3.63) is 44.9 Å². The van der Waals surface area contributed by atoms with Crippen LogP contribution in [-0.4, -0.2) is 53.6 Å². The molecule has 0 aliphatic heterocycles. The van der Waals surface area contributed by atoms with Crippen molar-refractivity contribution in [2.24, 2.45) is 11.5 Å². The first-order valence-corrected chi connectivity index (χ1v) is 19.2. The number of rotatable bonds is 20. The number of anilines is 2. The number of aliphatic carboxylic acids is 2. The SMILES string of the molecule is C[C@@H](N)CCn1nc(Br)c2c(N)ncc(/C=C/CCCCCC(=O)[O-])c21.C[C@@H](N)CCn1nc(Br)c2c(N)ncc(/C=C/CCCCCC(=O)[O-])c21.[Li+].[Li+]. The predicted molar refractivity (Wildman–Crippen MR) is 210 cm³/mol. The molecule has 4 aromatic heterocycles. The maximum absolute atomic E-state index is 10.4. The van der Waals surface area contributed by atoms with Crippen LogP contribution in [0, 0.1) is 0 Å². The molecule has 8 N–H and O–H groups in total. The van der Waals surface area contributed by atoms with Crippen molar-refractivity contribution < 1.29 is 57.5 Å². The molecule has 2 atom stereocenters. The second-order valence-corrected chi connectivity index (χ2v) is 14.5. The number of allylic oxidation sites excluding steroid dienone is 2. The summed E-state index contributed by atoms with van der Waals surface area (Å²) in [5, 5.41) is 31.5. The van der Waals surface area contributed by atoms with Gasteiger partial charge in [0.1, 0.15) is 20.8 Å². The van der Waals surface area contributed by atoms with E-state index < -0.39 is 11.9 Å². The number of aromatic nitrogens is 6. The molecule has 4 heterocycles. The molecule has 4 rings (SSSR count). The number of carbonyl (C=O) groups excluding carboxylic acids is 2. The molecule has 0 fully saturated rings. The van der Waals surface area contributed by atoms with Crippen molar-refractivity contribution in [1.82, 2.24) is 29.5 Å². The fourth-order valence-electron chi connectivity index (χ4n) is 5.49. The summed E-state index contributed by atoms with van der Waals surface area (Å²) < 4.78 is 5.19. The van der Waals surface area contributed by atoms with E-state index in [9.17, 15) is 19.8 Å². The number of pyridine rings is 2. The van der Waals surface area contributed by atoms with E-state index in [2.05, 4.69) is 64.2 Å². The Bertz CT molecular complexity index is 1720. The van der Waals surface area contributed by atoms with Gasteiger partial charge in [0.05, 0.1) is 21.8 Å². The number of unbranched alkanes of at least 4 members (excludes halogenated alkanes) is 6. The van der Waals surface area contributed by atoms with E-state index in [1.165, 1.54) is 0 Å². The molecule has 0 aromatic carbocycles. The number of nitrogen functional groups attached to an aromatic ring is 2. The monoisotopic (exact) mass is 858 g/mol. The van der Waals surface area contributed by atoms with Gasteiger partial charge in [-0.15, -0.1) is 0 Å². The van der Waals surface area contributed by atoms with Crippen molar-refractivity contribution >= 4 is 89.4 Å². The van der Waals surface area contributed by atoms with Crippen LogP contribution in [0.3, 0.4) is 0 Å². The Morgan fingerprint density at radius 2 is 1.07 bits per heavy atom. The average molecular weight is 861 g/mol. The third-order valence-corrected chi connectivity index (χ3v) is 9.36. The van der Waals surface area contributed by atoms with Crippen LogP contribution in [0.25, 0.3) is 34.0 Å². The zero-order valence-corrected chi connectivity index (χ0v) is 35.1. The van der Waals surface area contributed by atoms with Crippen LogP contribution in [0.4, 0.5) is 11.6 Å². The van der Waals surface area contributed by atoms with Gasteiger partial charge >= 0.3 is 37.7 Å². The molecule has 14 nitrogen and oxygen atoms in total. The Labute approximate surface area is 357 Å². The fourth-order valence-corrected chi connectivity index (χ4v) is 6.66. The first-order valence-electron chi connectivity index (χ1n) is 17.6. The van der Waals surface area contributed by atoms with Gasteiger partial charge in [0.15, 0.2) is 0 Å². The molecule has 0 unspecified atom stereocenters. The summed E-state index contributed by atoms with van der Waals surface area (Å²) in [7, 11) is 0. The number of nitrogens with two attached hydrogens (primary N) is 4. The molecule has 0 bridgehead atoms. The number of carboxylic acids is 2. The van der Waals surface area contributed by atoms with E-state index in [1.54, 1.807) is 12.4 Å². The third-order valence-electron chi connectivity index (χ3n) is 8.25. The van der Waals surface area contributed by atoms with Gasteiger partial charge < -0.3 is 42.7 Å².